The Kier molecular flexibility index (Phi) is 4.74. The van der Waals surface area contributed by atoms with Gasteiger partial charge >= 0.3 is 0 Å². The Labute approximate surface area is 97.4 Å². The Bertz CT molecular complexity index is 240. The van der Waals surface area contributed by atoms with Crippen LogP contribution in [0.2, 0.25) is 0 Å². The van der Waals surface area contributed by atoms with Crippen molar-refractivity contribution < 1.29 is 14.6 Å². The Balaban J connectivity index is 2.42. The lowest BCUT2D eigenvalue weighted by atomic mass is 9.95. The van der Waals surface area contributed by atoms with Gasteiger partial charge in [0.05, 0.1) is 6.10 Å². The number of carbonyl (C=O) groups excluding carboxylic acids is 1. The molecule has 16 heavy (non-hydrogen) atoms. The minimum Gasteiger partial charge on any atom is -0.385 e. The third-order valence-electron chi connectivity index (χ3n) is 3.58. The number of hydrogen-bond acceptors (Lipinski definition) is 3. The van der Waals surface area contributed by atoms with Crippen LogP contribution in [-0.4, -0.2) is 35.9 Å². The SMILES string of the molecule is CCC(CC)C(=O)NCC1(O)CCOC1C. The minimum atomic E-state index is -0.887. The maximum absolute atomic E-state index is 11.7. The maximum atomic E-state index is 11.7. The van der Waals surface area contributed by atoms with Crippen molar-refractivity contribution in [3.05, 3.63) is 0 Å². The van der Waals surface area contributed by atoms with Gasteiger partial charge in [-0.15, -0.1) is 0 Å². The molecule has 0 radical (unpaired) electrons. The van der Waals surface area contributed by atoms with E-state index in [2.05, 4.69) is 5.32 Å². The van der Waals surface area contributed by atoms with Gasteiger partial charge < -0.3 is 15.2 Å². The quantitative estimate of drug-likeness (QED) is 0.741. The highest BCUT2D eigenvalue weighted by molar-refractivity contribution is 5.78. The van der Waals surface area contributed by atoms with Gasteiger partial charge in [0.25, 0.3) is 0 Å². The Hall–Kier alpha value is -0.610. The first-order valence-corrected chi connectivity index (χ1v) is 6.15. The lowest BCUT2D eigenvalue weighted by Gasteiger charge is -2.27. The van der Waals surface area contributed by atoms with Crippen LogP contribution < -0.4 is 5.32 Å². The van der Waals surface area contributed by atoms with E-state index in [4.69, 9.17) is 4.74 Å². The summed E-state index contributed by atoms with van der Waals surface area (Å²) in [6, 6.07) is 0. The van der Waals surface area contributed by atoms with Gasteiger partial charge in [0, 0.05) is 25.5 Å². The lowest BCUT2D eigenvalue weighted by molar-refractivity contribution is -0.127. The molecule has 0 aromatic carbocycles. The number of hydrogen-bond donors (Lipinski definition) is 2. The molecule has 4 heteroatoms. The van der Waals surface area contributed by atoms with E-state index in [1.54, 1.807) is 0 Å². The highest BCUT2D eigenvalue weighted by atomic mass is 16.5. The summed E-state index contributed by atoms with van der Waals surface area (Å²) >= 11 is 0. The molecule has 0 saturated carbocycles. The molecule has 1 fully saturated rings. The zero-order valence-electron chi connectivity index (χ0n) is 10.5. The average Bonchev–Trinajstić information content (AvgIpc) is 2.59. The van der Waals surface area contributed by atoms with E-state index in [1.807, 2.05) is 20.8 Å². The third kappa shape index (κ3) is 2.95. The first-order valence-electron chi connectivity index (χ1n) is 6.15. The Morgan fingerprint density at radius 2 is 2.19 bits per heavy atom. The first-order chi connectivity index (χ1) is 7.53. The monoisotopic (exact) mass is 229 g/mol. The van der Waals surface area contributed by atoms with E-state index in [0.29, 0.717) is 19.6 Å². The van der Waals surface area contributed by atoms with Crippen molar-refractivity contribution in [1.82, 2.24) is 5.32 Å². The normalized spacial score (nSPS) is 29.7. The van der Waals surface area contributed by atoms with Gasteiger partial charge in [0.15, 0.2) is 0 Å². The zero-order chi connectivity index (χ0) is 12.2. The van der Waals surface area contributed by atoms with Crippen molar-refractivity contribution in [1.29, 1.82) is 0 Å². The molecule has 0 aromatic heterocycles. The smallest absolute Gasteiger partial charge is 0.223 e. The van der Waals surface area contributed by atoms with E-state index in [-0.39, 0.29) is 17.9 Å². The summed E-state index contributed by atoms with van der Waals surface area (Å²) in [4.78, 5) is 11.7. The first kappa shape index (κ1) is 13.5. The van der Waals surface area contributed by atoms with Crippen LogP contribution in [0.3, 0.4) is 0 Å². The average molecular weight is 229 g/mol. The number of aliphatic hydroxyl groups is 1. The molecule has 1 heterocycles. The van der Waals surface area contributed by atoms with Crippen LogP contribution in [-0.2, 0) is 9.53 Å². The van der Waals surface area contributed by atoms with Gasteiger partial charge in [0.1, 0.15) is 5.60 Å². The molecule has 0 spiro atoms. The highest BCUT2D eigenvalue weighted by Gasteiger charge is 2.39. The van der Waals surface area contributed by atoms with Gasteiger partial charge in [-0.1, -0.05) is 13.8 Å². The van der Waals surface area contributed by atoms with Crippen molar-refractivity contribution in [2.45, 2.75) is 51.7 Å². The lowest BCUT2D eigenvalue weighted by Crippen LogP contribution is -2.48. The van der Waals surface area contributed by atoms with Crippen LogP contribution in [0, 0.1) is 5.92 Å². The molecular weight excluding hydrogens is 206 g/mol. The second-order valence-electron chi connectivity index (χ2n) is 4.60. The van der Waals surface area contributed by atoms with Crippen molar-refractivity contribution in [3.63, 3.8) is 0 Å². The second kappa shape index (κ2) is 5.64. The molecule has 1 saturated heterocycles. The van der Waals surface area contributed by atoms with Crippen molar-refractivity contribution in [3.8, 4) is 0 Å². The van der Waals surface area contributed by atoms with Crippen LogP contribution >= 0.6 is 0 Å². The fraction of sp³-hybridized carbons (Fsp3) is 0.917. The predicted octanol–water partition coefficient (Wildman–Crippen LogP) is 1.08. The number of ether oxygens (including phenoxy) is 1. The summed E-state index contributed by atoms with van der Waals surface area (Å²) in [6.07, 6.45) is 2.08. The summed E-state index contributed by atoms with van der Waals surface area (Å²) in [7, 11) is 0. The van der Waals surface area contributed by atoms with Gasteiger partial charge in [-0.3, -0.25) is 4.79 Å². The van der Waals surface area contributed by atoms with E-state index in [9.17, 15) is 9.90 Å². The van der Waals surface area contributed by atoms with E-state index in [1.165, 1.54) is 0 Å². The molecule has 1 aliphatic rings. The highest BCUT2D eigenvalue weighted by Crippen LogP contribution is 2.24. The van der Waals surface area contributed by atoms with Crippen molar-refractivity contribution in [2.24, 2.45) is 5.92 Å². The number of nitrogens with one attached hydrogen (secondary N) is 1. The topological polar surface area (TPSA) is 58.6 Å². The Morgan fingerprint density at radius 1 is 1.56 bits per heavy atom. The van der Waals surface area contributed by atoms with Crippen LogP contribution in [0.15, 0.2) is 0 Å². The summed E-state index contributed by atoms with van der Waals surface area (Å²) in [6.45, 7) is 6.71. The molecule has 2 N–H and O–H groups in total. The van der Waals surface area contributed by atoms with E-state index in [0.717, 1.165) is 12.8 Å². The third-order valence-corrected chi connectivity index (χ3v) is 3.58. The number of amides is 1. The molecule has 0 aliphatic carbocycles. The van der Waals surface area contributed by atoms with Crippen molar-refractivity contribution >= 4 is 5.91 Å². The van der Waals surface area contributed by atoms with E-state index < -0.39 is 5.60 Å². The van der Waals surface area contributed by atoms with Gasteiger partial charge in [-0.25, -0.2) is 0 Å². The molecule has 4 nitrogen and oxygen atoms in total. The van der Waals surface area contributed by atoms with Gasteiger partial charge in [-0.05, 0) is 19.8 Å². The zero-order valence-corrected chi connectivity index (χ0v) is 10.5. The summed E-state index contributed by atoms with van der Waals surface area (Å²) in [5.74, 6) is 0.0961. The van der Waals surface area contributed by atoms with E-state index >= 15 is 0 Å². The summed E-state index contributed by atoms with van der Waals surface area (Å²) in [5.41, 5.74) is -0.887. The van der Waals surface area contributed by atoms with Crippen molar-refractivity contribution in [2.75, 3.05) is 13.2 Å². The summed E-state index contributed by atoms with van der Waals surface area (Å²) < 4.78 is 5.31. The molecule has 2 atom stereocenters. The molecule has 94 valence electrons. The Morgan fingerprint density at radius 3 is 2.62 bits per heavy atom. The maximum Gasteiger partial charge on any atom is 0.223 e. The van der Waals surface area contributed by atoms with Crippen LogP contribution in [0.25, 0.3) is 0 Å². The molecular formula is C12H23NO3. The molecule has 2 unspecified atom stereocenters. The standard InChI is InChI=1S/C12H23NO3/c1-4-10(5-2)11(14)13-8-12(15)6-7-16-9(12)3/h9-10,15H,4-8H2,1-3H3,(H,13,14). The number of carbonyl (C=O) groups is 1. The van der Waals surface area contributed by atoms with Gasteiger partial charge in [-0.2, -0.15) is 0 Å². The second-order valence-corrected chi connectivity index (χ2v) is 4.60. The molecule has 0 aromatic rings. The fourth-order valence-electron chi connectivity index (χ4n) is 2.05. The summed E-state index contributed by atoms with van der Waals surface area (Å²) in [5, 5.41) is 13.0. The molecule has 1 aliphatic heterocycles. The molecule has 1 amide bonds. The van der Waals surface area contributed by atoms with Crippen LogP contribution in [0.1, 0.15) is 40.0 Å². The number of rotatable bonds is 5. The minimum absolute atomic E-state index is 0.0394. The molecule has 0 bridgehead atoms. The van der Waals surface area contributed by atoms with Gasteiger partial charge in [0.2, 0.25) is 5.91 Å². The van der Waals surface area contributed by atoms with Crippen LogP contribution in [0.4, 0.5) is 0 Å². The fourth-order valence-corrected chi connectivity index (χ4v) is 2.05. The largest absolute Gasteiger partial charge is 0.385 e. The predicted molar refractivity (Wildman–Crippen MR) is 62.1 cm³/mol. The van der Waals surface area contributed by atoms with Crippen LogP contribution in [0.5, 0.6) is 0 Å². The molecule has 1 rings (SSSR count).